The third kappa shape index (κ3) is 5.71. The molecular formula is C31H27F2N3O3. The molecule has 0 saturated heterocycles. The Morgan fingerprint density at radius 1 is 0.974 bits per heavy atom. The van der Waals surface area contributed by atoms with Gasteiger partial charge in [-0.25, -0.2) is 18.7 Å². The molecule has 0 saturated carbocycles. The number of Topliss-reactive ketones (excluding diaryl/α,β-unsaturated/α-hetero) is 1. The highest BCUT2D eigenvalue weighted by molar-refractivity contribution is 5.97. The standard InChI is InChI=1S/C31H27F2N3O3/c1-20(37)22-10-11-28-29(17-22)36(13-14-38-2)30(35-28)18-25-26(32)15-23(16-27(25)33)24-9-6-12-34-31(24)39-19-21-7-4-3-5-8-21/h3-12,15-17H,13-14,18-19H2,1-2H3. The molecule has 0 atom stereocenters. The van der Waals surface area contributed by atoms with E-state index < -0.39 is 11.6 Å². The topological polar surface area (TPSA) is 66.2 Å². The van der Waals surface area contributed by atoms with Crippen molar-refractivity contribution in [1.29, 1.82) is 0 Å². The van der Waals surface area contributed by atoms with Gasteiger partial charge in [0.25, 0.3) is 0 Å². The van der Waals surface area contributed by atoms with E-state index in [1.807, 2.05) is 34.9 Å². The predicted octanol–water partition coefficient (Wildman–Crippen LogP) is 6.40. The fraction of sp³-hybridized carbons (Fsp3) is 0.194. The van der Waals surface area contributed by atoms with Crippen molar-refractivity contribution < 1.29 is 23.0 Å². The lowest BCUT2D eigenvalue weighted by atomic mass is 10.0. The van der Waals surface area contributed by atoms with Crippen molar-refractivity contribution >= 4 is 16.8 Å². The number of ketones is 1. The maximum absolute atomic E-state index is 15.5. The minimum absolute atomic E-state index is 0.0733. The number of nitrogens with zero attached hydrogens (tertiary/aromatic N) is 3. The lowest BCUT2D eigenvalue weighted by Gasteiger charge is -2.13. The van der Waals surface area contributed by atoms with Gasteiger partial charge in [-0.2, -0.15) is 0 Å². The predicted molar refractivity (Wildman–Crippen MR) is 145 cm³/mol. The zero-order chi connectivity index (χ0) is 27.4. The summed E-state index contributed by atoms with van der Waals surface area (Å²) in [6.07, 6.45) is 1.50. The van der Waals surface area contributed by atoms with Gasteiger partial charge < -0.3 is 14.0 Å². The van der Waals surface area contributed by atoms with Crippen LogP contribution in [-0.4, -0.2) is 34.0 Å². The number of imidazole rings is 1. The summed E-state index contributed by atoms with van der Waals surface area (Å²) < 4.78 is 43.9. The lowest BCUT2D eigenvalue weighted by molar-refractivity contribution is 0.101. The van der Waals surface area contributed by atoms with Crippen LogP contribution >= 0.6 is 0 Å². The molecule has 6 nitrogen and oxygen atoms in total. The van der Waals surface area contributed by atoms with Crippen LogP contribution in [0.4, 0.5) is 8.78 Å². The Labute approximate surface area is 224 Å². The fourth-order valence-corrected chi connectivity index (χ4v) is 4.50. The minimum Gasteiger partial charge on any atom is -0.472 e. The van der Waals surface area contributed by atoms with Crippen LogP contribution in [0.3, 0.4) is 0 Å². The van der Waals surface area contributed by atoms with Gasteiger partial charge in [0.1, 0.15) is 24.1 Å². The van der Waals surface area contributed by atoms with E-state index in [1.54, 1.807) is 43.6 Å². The molecule has 0 unspecified atom stereocenters. The van der Waals surface area contributed by atoms with Crippen LogP contribution in [0.1, 0.15) is 34.2 Å². The van der Waals surface area contributed by atoms with Gasteiger partial charge in [0.05, 0.1) is 17.6 Å². The molecule has 0 radical (unpaired) electrons. The molecule has 198 valence electrons. The molecule has 2 aromatic heterocycles. The third-order valence-corrected chi connectivity index (χ3v) is 6.53. The second-order valence-corrected chi connectivity index (χ2v) is 9.16. The number of halogens is 2. The highest BCUT2D eigenvalue weighted by Gasteiger charge is 2.20. The molecule has 39 heavy (non-hydrogen) atoms. The molecule has 0 N–H and O–H groups in total. The van der Waals surface area contributed by atoms with Gasteiger partial charge in [-0.05, 0) is 60.5 Å². The zero-order valence-electron chi connectivity index (χ0n) is 21.7. The van der Waals surface area contributed by atoms with Crippen LogP contribution in [0.25, 0.3) is 22.2 Å². The molecule has 2 heterocycles. The van der Waals surface area contributed by atoms with Crippen molar-refractivity contribution in [2.75, 3.05) is 13.7 Å². The lowest BCUT2D eigenvalue weighted by Crippen LogP contribution is -2.10. The molecule has 0 aliphatic carbocycles. The smallest absolute Gasteiger partial charge is 0.221 e. The van der Waals surface area contributed by atoms with E-state index in [9.17, 15) is 4.79 Å². The maximum Gasteiger partial charge on any atom is 0.221 e. The van der Waals surface area contributed by atoms with Crippen molar-refractivity contribution in [3.8, 4) is 17.0 Å². The number of carbonyl (C=O) groups excluding carboxylic acids is 1. The van der Waals surface area contributed by atoms with Gasteiger partial charge in [-0.15, -0.1) is 0 Å². The Kier molecular flexibility index (Phi) is 7.74. The Bertz CT molecular complexity index is 1610. The molecule has 0 amide bonds. The SMILES string of the molecule is COCCn1c(Cc2c(F)cc(-c3cccnc3OCc3ccccc3)cc2F)nc2ccc(C(C)=O)cc21. The Morgan fingerprint density at radius 3 is 2.46 bits per heavy atom. The maximum atomic E-state index is 15.5. The van der Waals surface area contributed by atoms with Gasteiger partial charge in [-0.1, -0.05) is 30.3 Å². The summed E-state index contributed by atoms with van der Waals surface area (Å²) in [5.41, 5.74) is 3.55. The van der Waals surface area contributed by atoms with Gasteiger partial charge in [0.15, 0.2) is 5.78 Å². The number of ether oxygens (including phenoxy) is 2. The number of rotatable bonds is 10. The second-order valence-electron chi connectivity index (χ2n) is 9.16. The molecule has 0 fully saturated rings. The number of carbonyl (C=O) groups is 1. The van der Waals surface area contributed by atoms with Crippen LogP contribution in [0.15, 0.2) is 79.0 Å². The van der Waals surface area contributed by atoms with Crippen LogP contribution in [0.2, 0.25) is 0 Å². The molecule has 3 aromatic carbocycles. The molecule has 0 spiro atoms. The number of hydrogen-bond donors (Lipinski definition) is 0. The Balaban J connectivity index is 1.47. The van der Waals surface area contributed by atoms with Crippen molar-refractivity contribution in [2.24, 2.45) is 0 Å². The number of hydrogen-bond acceptors (Lipinski definition) is 5. The summed E-state index contributed by atoms with van der Waals surface area (Å²) in [6.45, 7) is 2.56. The summed E-state index contributed by atoms with van der Waals surface area (Å²) >= 11 is 0. The first-order chi connectivity index (χ1) is 18.9. The van der Waals surface area contributed by atoms with E-state index >= 15 is 8.78 Å². The number of methoxy groups -OCH3 is 1. The third-order valence-electron chi connectivity index (χ3n) is 6.53. The normalized spacial score (nSPS) is 11.2. The second kappa shape index (κ2) is 11.5. The molecule has 8 heteroatoms. The quantitative estimate of drug-likeness (QED) is 0.197. The van der Waals surface area contributed by atoms with E-state index in [0.717, 1.165) is 5.56 Å². The summed E-state index contributed by atoms with van der Waals surface area (Å²) in [5.74, 6) is -0.708. The molecule has 0 bridgehead atoms. The summed E-state index contributed by atoms with van der Waals surface area (Å²) in [4.78, 5) is 20.8. The average molecular weight is 528 g/mol. The monoisotopic (exact) mass is 527 g/mol. The van der Waals surface area contributed by atoms with E-state index in [1.165, 1.54) is 19.1 Å². The molecule has 5 aromatic rings. The molecule has 0 aliphatic rings. The average Bonchev–Trinajstić information content (AvgIpc) is 3.29. The van der Waals surface area contributed by atoms with Crippen LogP contribution in [0, 0.1) is 11.6 Å². The molecule has 0 aliphatic heterocycles. The van der Waals surface area contributed by atoms with Crippen molar-refractivity contribution in [2.45, 2.75) is 26.5 Å². The molecule has 5 rings (SSSR count). The summed E-state index contributed by atoms with van der Waals surface area (Å²) in [7, 11) is 1.58. The summed E-state index contributed by atoms with van der Waals surface area (Å²) in [6, 6.07) is 20.8. The Hall–Kier alpha value is -4.43. The highest BCUT2D eigenvalue weighted by Crippen LogP contribution is 2.32. The van der Waals surface area contributed by atoms with Crippen molar-refractivity contribution in [1.82, 2.24) is 14.5 Å². The van der Waals surface area contributed by atoms with Crippen LogP contribution in [-0.2, 0) is 24.3 Å². The minimum atomic E-state index is -0.697. The van der Waals surface area contributed by atoms with Gasteiger partial charge in [-0.3, -0.25) is 4.79 Å². The van der Waals surface area contributed by atoms with E-state index in [-0.39, 0.29) is 30.3 Å². The highest BCUT2D eigenvalue weighted by atomic mass is 19.1. The largest absolute Gasteiger partial charge is 0.472 e. The first-order valence-electron chi connectivity index (χ1n) is 12.5. The Morgan fingerprint density at radius 2 is 1.74 bits per heavy atom. The first kappa shape index (κ1) is 26.2. The number of fused-ring (bicyclic) bond motifs is 1. The number of benzene rings is 3. The van der Waals surface area contributed by atoms with Crippen molar-refractivity contribution in [3.05, 3.63) is 113 Å². The fourth-order valence-electron chi connectivity index (χ4n) is 4.50. The summed E-state index contributed by atoms with van der Waals surface area (Å²) in [5, 5.41) is 0. The number of aromatic nitrogens is 3. The molecular weight excluding hydrogens is 500 g/mol. The van der Waals surface area contributed by atoms with E-state index in [4.69, 9.17) is 9.47 Å². The first-order valence-corrected chi connectivity index (χ1v) is 12.5. The van der Waals surface area contributed by atoms with Gasteiger partial charge >= 0.3 is 0 Å². The van der Waals surface area contributed by atoms with Crippen LogP contribution < -0.4 is 4.74 Å². The van der Waals surface area contributed by atoms with Crippen molar-refractivity contribution in [3.63, 3.8) is 0 Å². The van der Waals surface area contributed by atoms with E-state index in [2.05, 4.69) is 9.97 Å². The number of pyridine rings is 1. The zero-order valence-corrected chi connectivity index (χ0v) is 21.7. The van der Waals surface area contributed by atoms with Crippen LogP contribution in [0.5, 0.6) is 5.88 Å². The van der Waals surface area contributed by atoms with Gasteiger partial charge in [0, 0.05) is 43.0 Å². The van der Waals surface area contributed by atoms with E-state index in [0.29, 0.717) is 46.7 Å². The van der Waals surface area contributed by atoms with Gasteiger partial charge in [0.2, 0.25) is 5.88 Å².